The molecule has 0 fully saturated rings. The number of ketones is 1. The van der Waals surface area contributed by atoms with Crippen molar-refractivity contribution in [3.05, 3.63) is 112 Å². The number of nitrogens with one attached hydrogen (secondary N) is 1. The largest absolute Gasteiger partial charge is 0.494 e. The fraction of sp³-hybridized carbons (Fsp3) is 0.172. The van der Waals surface area contributed by atoms with Gasteiger partial charge in [-0.1, -0.05) is 18.2 Å². The number of aryl methyl sites for hydroxylation is 1. The molecule has 1 unspecified atom stereocenters. The second-order valence-corrected chi connectivity index (χ2v) is 8.64. The van der Waals surface area contributed by atoms with Gasteiger partial charge in [0, 0.05) is 17.5 Å². The minimum atomic E-state index is -4.76. The van der Waals surface area contributed by atoms with Crippen molar-refractivity contribution in [3.63, 3.8) is 0 Å². The number of benzene rings is 3. The fourth-order valence-electron chi connectivity index (χ4n) is 4.29. The van der Waals surface area contributed by atoms with E-state index in [-0.39, 0.29) is 12.2 Å². The summed E-state index contributed by atoms with van der Waals surface area (Å²) in [4.78, 5) is 28.4. The molecule has 0 aliphatic heterocycles. The van der Waals surface area contributed by atoms with Crippen LogP contribution in [0.5, 0.6) is 5.75 Å². The zero-order valence-electron chi connectivity index (χ0n) is 20.4. The van der Waals surface area contributed by atoms with Gasteiger partial charge in [-0.05, 0) is 79.1 Å². The summed E-state index contributed by atoms with van der Waals surface area (Å²) < 4.78 is 59.9. The van der Waals surface area contributed by atoms with Crippen LogP contribution in [0.15, 0.2) is 72.9 Å². The van der Waals surface area contributed by atoms with Crippen LogP contribution in [0.3, 0.4) is 0 Å². The van der Waals surface area contributed by atoms with Crippen molar-refractivity contribution in [2.75, 3.05) is 6.61 Å². The molecule has 1 heterocycles. The van der Waals surface area contributed by atoms with Gasteiger partial charge in [0.05, 0.1) is 29.2 Å². The second-order valence-electron chi connectivity index (χ2n) is 8.64. The highest BCUT2D eigenvalue weighted by Crippen LogP contribution is 2.38. The van der Waals surface area contributed by atoms with Crippen LogP contribution in [0, 0.1) is 12.7 Å². The molecule has 0 saturated carbocycles. The molecule has 0 aliphatic carbocycles. The molecule has 4 aromatic rings. The number of ether oxygens (including phenoxy) is 1. The van der Waals surface area contributed by atoms with E-state index in [0.29, 0.717) is 45.8 Å². The lowest BCUT2D eigenvalue weighted by atomic mass is 9.85. The molecule has 196 valence electrons. The lowest BCUT2D eigenvalue weighted by Crippen LogP contribution is -2.18. The Kier molecular flexibility index (Phi) is 7.39. The number of rotatable bonds is 8. The smallest absolute Gasteiger partial charge is 0.416 e. The summed E-state index contributed by atoms with van der Waals surface area (Å²) in [6.07, 6.45) is -3.19. The molecular weight excluding hydrogens is 502 g/mol. The van der Waals surface area contributed by atoms with Gasteiger partial charge < -0.3 is 14.8 Å². The maximum Gasteiger partial charge on any atom is 0.416 e. The van der Waals surface area contributed by atoms with Crippen molar-refractivity contribution < 1.29 is 37.0 Å². The Morgan fingerprint density at radius 1 is 0.974 bits per heavy atom. The van der Waals surface area contributed by atoms with E-state index in [9.17, 15) is 32.3 Å². The number of alkyl halides is 3. The number of hydrogen-bond donors (Lipinski definition) is 2. The molecule has 5 nitrogen and oxygen atoms in total. The van der Waals surface area contributed by atoms with Crippen LogP contribution in [0.4, 0.5) is 17.6 Å². The topological polar surface area (TPSA) is 79.4 Å². The van der Waals surface area contributed by atoms with E-state index < -0.39 is 40.8 Å². The summed E-state index contributed by atoms with van der Waals surface area (Å²) in [6.45, 7) is 3.67. The van der Waals surface area contributed by atoms with Gasteiger partial charge in [-0.2, -0.15) is 13.2 Å². The molecule has 9 heteroatoms. The van der Waals surface area contributed by atoms with Crippen molar-refractivity contribution in [1.29, 1.82) is 0 Å². The van der Waals surface area contributed by atoms with Crippen molar-refractivity contribution in [3.8, 4) is 16.9 Å². The van der Waals surface area contributed by atoms with Crippen LogP contribution >= 0.6 is 0 Å². The van der Waals surface area contributed by atoms with Gasteiger partial charge in [0.15, 0.2) is 5.78 Å². The molecule has 1 atom stereocenters. The van der Waals surface area contributed by atoms with Gasteiger partial charge in [0.2, 0.25) is 0 Å². The first-order chi connectivity index (χ1) is 18.0. The zero-order chi connectivity index (χ0) is 27.6. The number of aromatic nitrogens is 1. The Balaban J connectivity index is 1.89. The average molecular weight is 525 g/mol. The molecule has 0 spiro atoms. The summed E-state index contributed by atoms with van der Waals surface area (Å²) in [6, 6.07) is 15.0. The minimum Gasteiger partial charge on any atom is -0.494 e. The zero-order valence-corrected chi connectivity index (χ0v) is 20.4. The predicted molar refractivity (Wildman–Crippen MR) is 133 cm³/mol. The van der Waals surface area contributed by atoms with Crippen LogP contribution in [0.25, 0.3) is 11.1 Å². The van der Waals surface area contributed by atoms with E-state index >= 15 is 0 Å². The van der Waals surface area contributed by atoms with E-state index in [2.05, 4.69) is 4.98 Å². The Labute approximate surface area is 215 Å². The maximum absolute atomic E-state index is 14.9. The summed E-state index contributed by atoms with van der Waals surface area (Å²) in [5, 5.41) is 9.54. The van der Waals surface area contributed by atoms with E-state index in [1.54, 1.807) is 62.5 Å². The number of hydrogen-bond acceptors (Lipinski definition) is 3. The van der Waals surface area contributed by atoms with Crippen LogP contribution in [0.1, 0.15) is 55.9 Å². The van der Waals surface area contributed by atoms with Crippen LogP contribution in [-0.2, 0) is 6.18 Å². The number of aromatic amines is 1. The third-order valence-corrected chi connectivity index (χ3v) is 6.18. The van der Waals surface area contributed by atoms with Crippen molar-refractivity contribution in [2.24, 2.45) is 0 Å². The van der Waals surface area contributed by atoms with Crippen LogP contribution in [0.2, 0.25) is 0 Å². The van der Waals surface area contributed by atoms with Gasteiger partial charge in [-0.3, -0.25) is 4.79 Å². The van der Waals surface area contributed by atoms with Gasteiger partial charge in [-0.15, -0.1) is 0 Å². The molecule has 0 radical (unpaired) electrons. The SMILES string of the molecule is CCOc1ccc(-c2ccc(C)c(C(=O)O)c2)cc1C(C(=O)c1ccc(C(F)(F)F)cc1F)c1ccc[nH]1. The number of Topliss-reactive ketones (excluding diaryl/α,β-unsaturated/α-hetero) is 1. The van der Waals surface area contributed by atoms with Crippen LogP contribution < -0.4 is 4.74 Å². The Bertz CT molecular complexity index is 1490. The number of H-pyrrole nitrogens is 1. The lowest BCUT2D eigenvalue weighted by molar-refractivity contribution is -0.137. The number of carboxylic acids is 1. The van der Waals surface area contributed by atoms with Gasteiger partial charge in [0.1, 0.15) is 11.6 Å². The third-order valence-electron chi connectivity index (χ3n) is 6.18. The molecule has 1 aromatic heterocycles. The first-order valence-corrected chi connectivity index (χ1v) is 11.7. The van der Waals surface area contributed by atoms with Crippen molar-refractivity contribution in [2.45, 2.75) is 25.9 Å². The summed E-state index contributed by atoms with van der Waals surface area (Å²) in [5.74, 6) is -3.98. The van der Waals surface area contributed by atoms with Crippen molar-refractivity contribution in [1.82, 2.24) is 4.98 Å². The van der Waals surface area contributed by atoms with Gasteiger partial charge >= 0.3 is 12.1 Å². The summed E-state index contributed by atoms with van der Waals surface area (Å²) in [5.41, 5.74) is 0.837. The number of carboxylic acid groups (broad SMARTS) is 1. The molecule has 38 heavy (non-hydrogen) atoms. The highest BCUT2D eigenvalue weighted by atomic mass is 19.4. The van der Waals surface area contributed by atoms with E-state index in [1.165, 1.54) is 6.07 Å². The van der Waals surface area contributed by atoms with Crippen molar-refractivity contribution >= 4 is 11.8 Å². The number of carbonyl (C=O) groups is 2. The predicted octanol–water partition coefficient (Wildman–Crippen LogP) is 7.26. The molecular formula is C29H23F4NO4. The van der Waals surface area contributed by atoms with Gasteiger partial charge in [0.25, 0.3) is 0 Å². The molecule has 4 rings (SSSR count). The number of aromatic carboxylic acids is 1. The maximum atomic E-state index is 14.9. The number of carbonyl (C=O) groups excluding carboxylic acids is 1. The van der Waals surface area contributed by atoms with Gasteiger partial charge in [-0.25, -0.2) is 9.18 Å². The Hall–Kier alpha value is -4.40. The summed E-state index contributed by atoms with van der Waals surface area (Å²) >= 11 is 0. The molecule has 2 N–H and O–H groups in total. The monoisotopic (exact) mass is 525 g/mol. The lowest BCUT2D eigenvalue weighted by Gasteiger charge is -2.21. The normalized spacial score (nSPS) is 12.3. The third kappa shape index (κ3) is 5.32. The first kappa shape index (κ1) is 26.7. The Morgan fingerprint density at radius 3 is 2.29 bits per heavy atom. The average Bonchev–Trinajstić information content (AvgIpc) is 3.39. The molecule has 0 amide bonds. The summed E-state index contributed by atoms with van der Waals surface area (Å²) in [7, 11) is 0. The molecule has 0 aliphatic rings. The highest BCUT2D eigenvalue weighted by molar-refractivity contribution is 6.03. The minimum absolute atomic E-state index is 0.113. The first-order valence-electron chi connectivity index (χ1n) is 11.7. The van der Waals surface area contributed by atoms with E-state index in [4.69, 9.17) is 4.74 Å². The standard InChI is InChI=1S/C29H23F4NO4/c1-3-38-25-11-8-18(17-7-6-16(2)21(13-17)28(36)37)14-22(25)26(24-5-4-12-34-24)27(35)20-10-9-19(15-23(20)30)29(31,32)33/h4-15,26,34H,3H2,1-2H3,(H,36,37). The fourth-order valence-corrected chi connectivity index (χ4v) is 4.29. The Morgan fingerprint density at radius 2 is 1.68 bits per heavy atom. The molecule has 3 aromatic carbocycles. The van der Waals surface area contributed by atoms with Crippen LogP contribution in [-0.4, -0.2) is 28.4 Å². The quantitative estimate of drug-likeness (QED) is 0.187. The highest BCUT2D eigenvalue weighted by Gasteiger charge is 2.34. The van der Waals surface area contributed by atoms with E-state index in [1.807, 2.05) is 0 Å². The second kappa shape index (κ2) is 10.5. The molecule has 0 saturated heterocycles. The number of halogens is 4. The van der Waals surface area contributed by atoms with E-state index in [0.717, 1.165) is 6.07 Å². The molecule has 0 bridgehead atoms.